The number of benzene rings is 1. The molecule has 98 valence electrons. The van der Waals surface area contributed by atoms with E-state index in [-0.39, 0.29) is 11.9 Å². The van der Waals surface area contributed by atoms with Gasteiger partial charge in [-0.05, 0) is 22.6 Å². The van der Waals surface area contributed by atoms with Gasteiger partial charge in [0.05, 0.1) is 0 Å². The van der Waals surface area contributed by atoms with Gasteiger partial charge in [0, 0.05) is 30.4 Å². The molecule has 0 saturated carbocycles. The molecule has 1 aromatic carbocycles. The van der Waals surface area contributed by atoms with E-state index in [0.29, 0.717) is 6.42 Å². The Morgan fingerprint density at radius 1 is 1.26 bits per heavy atom. The quantitative estimate of drug-likeness (QED) is 0.897. The number of hydrogen-bond donors (Lipinski definition) is 2. The van der Waals surface area contributed by atoms with Gasteiger partial charge in [0.2, 0.25) is 5.91 Å². The van der Waals surface area contributed by atoms with Gasteiger partial charge in [-0.1, -0.05) is 30.3 Å². The molecule has 2 N–H and O–H groups in total. The Kier molecular flexibility index (Phi) is 3.62. The summed E-state index contributed by atoms with van der Waals surface area (Å²) in [5, 5.41) is 8.44. The summed E-state index contributed by atoms with van der Waals surface area (Å²) in [5.41, 5.74) is 2.52. The van der Waals surface area contributed by atoms with Gasteiger partial charge in [0.15, 0.2) is 0 Å². The van der Waals surface area contributed by atoms with Gasteiger partial charge in [-0.3, -0.25) is 4.79 Å². The van der Waals surface area contributed by atoms with E-state index in [2.05, 4.69) is 46.3 Å². The van der Waals surface area contributed by atoms with E-state index in [1.54, 1.807) is 11.3 Å². The second-order valence-corrected chi connectivity index (χ2v) is 5.75. The lowest BCUT2D eigenvalue weighted by molar-refractivity contribution is -0.119. The molecule has 1 aliphatic rings. The van der Waals surface area contributed by atoms with Crippen LogP contribution in [0.25, 0.3) is 11.1 Å². The Morgan fingerprint density at radius 2 is 2.11 bits per heavy atom. The van der Waals surface area contributed by atoms with Crippen molar-refractivity contribution >= 4 is 17.2 Å². The van der Waals surface area contributed by atoms with E-state index in [1.165, 1.54) is 16.0 Å². The first-order valence-electron chi connectivity index (χ1n) is 6.44. The highest BCUT2D eigenvalue weighted by Crippen LogP contribution is 2.25. The molecule has 0 aliphatic carbocycles. The predicted molar refractivity (Wildman–Crippen MR) is 78.0 cm³/mol. The van der Waals surface area contributed by atoms with Crippen LogP contribution in [0.2, 0.25) is 0 Å². The first-order valence-corrected chi connectivity index (χ1v) is 7.32. The Morgan fingerprint density at radius 3 is 2.84 bits per heavy atom. The van der Waals surface area contributed by atoms with Crippen molar-refractivity contribution in [2.75, 3.05) is 6.54 Å². The summed E-state index contributed by atoms with van der Waals surface area (Å²) in [6, 6.07) is 12.9. The summed E-state index contributed by atoms with van der Waals surface area (Å²) in [6.07, 6.45) is 0.594. The zero-order chi connectivity index (χ0) is 13.1. The Bertz CT molecular complexity index is 565. The second kappa shape index (κ2) is 5.55. The van der Waals surface area contributed by atoms with Gasteiger partial charge in [-0.25, -0.2) is 0 Å². The molecule has 1 aromatic heterocycles. The number of hydrogen-bond acceptors (Lipinski definition) is 3. The number of nitrogens with one attached hydrogen (secondary N) is 2. The van der Waals surface area contributed by atoms with E-state index in [0.717, 1.165) is 13.1 Å². The fourth-order valence-corrected chi connectivity index (χ4v) is 3.09. The van der Waals surface area contributed by atoms with Crippen molar-refractivity contribution in [2.45, 2.75) is 19.0 Å². The third kappa shape index (κ3) is 3.03. The fraction of sp³-hybridized carbons (Fsp3) is 0.267. The van der Waals surface area contributed by atoms with Crippen LogP contribution in [-0.2, 0) is 11.3 Å². The smallest absolute Gasteiger partial charge is 0.221 e. The average molecular weight is 272 g/mol. The first-order chi connectivity index (χ1) is 9.31. The average Bonchev–Trinajstić information content (AvgIpc) is 3.06. The number of carbonyl (C=O) groups excluding carboxylic acids is 1. The Hall–Kier alpha value is -1.65. The van der Waals surface area contributed by atoms with Crippen molar-refractivity contribution in [2.24, 2.45) is 0 Å². The van der Waals surface area contributed by atoms with Gasteiger partial charge in [0.1, 0.15) is 0 Å². The Labute approximate surface area is 116 Å². The van der Waals surface area contributed by atoms with Crippen molar-refractivity contribution in [1.29, 1.82) is 0 Å². The zero-order valence-electron chi connectivity index (χ0n) is 10.6. The minimum absolute atomic E-state index is 0.147. The normalized spacial score (nSPS) is 18.5. The maximum atomic E-state index is 11.1. The highest BCUT2D eigenvalue weighted by molar-refractivity contribution is 7.10. The molecule has 1 saturated heterocycles. The molecule has 1 aliphatic heterocycles. The lowest BCUT2D eigenvalue weighted by atomic mass is 10.1. The minimum atomic E-state index is 0.147. The van der Waals surface area contributed by atoms with Gasteiger partial charge < -0.3 is 10.6 Å². The van der Waals surface area contributed by atoms with Crippen molar-refractivity contribution in [1.82, 2.24) is 10.6 Å². The number of carbonyl (C=O) groups is 1. The molecule has 3 rings (SSSR count). The van der Waals surface area contributed by atoms with E-state index in [1.807, 2.05) is 6.07 Å². The number of thiophene rings is 1. The third-order valence-electron chi connectivity index (χ3n) is 3.30. The van der Waals surface area contributed by atoms with E-state index >= 15 is 0 Å². The predicted octanol–water partition coefficient (Wildman–Crippen LogP) is 2.39. The summed E-state index contributed by atoms with van der Waals surface area (Å²) in [5.74, 6) is 0.147. The molecular weight excluding hydrogens is 256 g/mol. The van der Waals surface area contributed by atoms with Crippen LogP contribution in [-0.4, -0.2) is 18.5 Å². The minimum Gasteiger partial charge on any atom is -0.354 e. The maximum absolute atomic E-state index is 11.1. The summed E-state index contributed by atoms with van der Waals surface area (Å²) in [6.45, 7) is 1.58. The molecule has 1 amide bonds. The lowest BCUT2D eigenvalue weighted by Crippen LogP contribution is -2.30. The summed E-state index contributed by atoms with van der Waals surface area (Å²) >= 11 is 1.76. The van der Waals surface area contributed by atoms with E-state index in [4.69, 9.17) is 0 Å². The molecule has 0 bridgehead atoms. The van der Waals surface area contributed by atoms with E-state index < -0.39 is 0 Å². The van der Waals surface area contributed by atoms with Gasteiger partial charge in [0.25, 0.3) is 0 Å². The van der Waals surface area contributed by atoms with E-state index in [9.17, 15) is 4.79 Å². The largest absolute Gasteiger partial charge is 0.354 e. The van der Waals surface area contributed by atoms with Crippen molar-refractivity contribution in [3.63, 3.8) is 0 Å². The molecule has 2 aromatic rings. The second-order valence-electron chi connectivity index (χ2n) is 4.75. The summed E-state index contributed by atoms with van der Waals surface area (Å²) < 4.78 is 0. The Balaban J connectivity index is 1.61. The van der Waals surface area contributed by atoms with Crippen LogP contribution in [0, 0.1) is 0 Å². The molecule has 1 atom stereocenters. The highest BCUT2D eigenvalue weighted by atomic mass is 32.1. The van der Waals surface area contributed by atoms with Gasteiger partial charge in [-0.2, -0.15) is 0 Å². The van der Waals surface area contributed by atoms with Crippen LogP contribution in [0.3, 0.4) is 0 Å². The van der Waals surface area contributed by atoms with Gasteiger partial charge in [-0.15, -0.1) is 11.3 Å². The molecule has 1 fully saturated rings. The van der Waals surface area contributed by atoms with Crippen molar-refractivity contribution in [3.05, 3.63) is 46.7 Å². The van der Waals surface area contributed by atoms with Crippen LogP contribution < -0.4 is 10.6 Å². The monoisotopic (exact) mass is 272 g/mol. The summed E-state index contributed by atoms with van der Waals surface area (Å²) in [7, 11) is 0. The standard InChI is InChI=1S/C15H16N2OS/c18-15-7-13(8-17-15)16-9-14-6-12(10-19-14)11-4-2-1-3-5-11/h1-6,10,13,16H,7-9H2,(H,17,18). The molecular formula is C15H16N2OS. The number of amides is 1. The first kappa shape index (κ1) is 12.4. The maximum Gasteiger partial charge on any atom is 0.221 e. The van der Waals surface area contributed by atoms with Crippen molar-refractivity contribution in [3.8, 4) is 11.1 Å². The molecule has 2 heterocycles. The number of rotatable bonds is 4. The van der Waals surface area contributed by atoms with Gasteiger partial charge >= 0.3 is 0 Å². The molecule has 3 nitrogen and oxygen atoms in total. The lowest BCUT2D eigenvalue weighted by Gasteiger charge is -2.08. The topological polar surface area (TPSA) is 41.1 Å². The molecule has 1 unspecified atom stereocenters. The fourth-order valence-electron chi connectivity index (χ4n) is 2.25. The van der Waals surface area contributed by atoms with Crippen LogP contribution in [0.15, 0.2) is 41.8 Å². The SMILES string of the molecule is O=C1CC(NCc2cc(-c3ccccc3)cs2)CN1. The third-order valence-corrected chi connectivity index (χ3v) is 4.24. The van der Waals surface area contributed by atoms with Crippen molar-refractivity contribution < 1.29 is 4.79 Å². The van der Waals surface area contributed by atoms with Crippen LogP contribution in [0.1, 0.15) is 11.3 Å². The molecule has 0 spiro atoms. The summed E-state index contributed by atoms with van der Waals surface area (Å²) in [4.78, 5) is 12.4. The molecule has 4 heteroatoms. The molecule has 0 radical (unpaired) electrons. The highest BCUT2D eigenvalue weighted by Gasteiger charge is 2.20. The van der Waals surface area contributed by atoms with Crippen LogP contribution in [0.4, 0.5) is 0 Å². The van der Waals surface area contributed by atoms with Crippen LogP contribution in [0.5, 0.6) is 0 Å². The van der Waals surface area contributed by atoms with Crippen LogP contribution >= 0.6 is 11.3 Å². The zero-order valence-corrected chi connectivity index (χ0v) is 11.4. The molecule has 19 heavy (non-hydrogen) atoms.